The van der Waals surface area contributed by atoms with Crippen LogP contribution in [0.1, 0.15) is 41.5 Å². The molecule has 1 saturated heterocycles. The summed E-state index contributed by atoms with van der Waals surface area (Å²) in [5.74, 6) is -0.0103. The summed E-state index contributed by atoms with van der Waals surface area (Å²) in [6.45, 7) is 8.95. The molecule has 0 aliphatic carbocycles. The molecule has 0 bridgehead atoms. The Hall–Kier alpha value is -1.36. The number of carbonyl (C=O) groups excluding carboxylic acids is 1. The molecule has 1 aromatic heterocycles. The van der Waals surface area contributed by atoms with Crippen molar-refractivity contribution in [2.24, 2.45) is 5.41 Å². The van der Waals surface area contributed by atoms with E-state index >= 15 is 0 Å². The number of aryl methyl sites for hydroxylation is 2. The van der Waals surface area contributed by atoms with Gasteiger partial charge >= 0.3 is 0 Å². The standard InChI is InChI=1S/C14H24N4O/c1-10-12(11(2)17-16-10)13(19)15-9-14(3)5-7-18(4)8-6-14/h5-9H2,1-4H3,(H,15,19)(H,16,17). The van der Waals surface area contributed by atoms with E-state index in [0.29, 0.717) is 5.56 Å². The molecule has 19 heavy (non-hydrogen) atoms. The first-order chi connectivity index (χ1) is 8.91. The number of carbonyl (C=O) groups is 1. The van der Waals surface area contributed by atoms with E-state index in [9.17, 15) is 4.79 Å². The lowest BCUT2D eigenvalue weighted by Gasteiger charge is -2.37. The SMILES string of the molecule is Cc1n[nH]c(C)c1C(=O)NCC1(C)CCN(C)CC1. The number of nitrogens with zero attached hydrogens (tertiary/aromatic N) is 2. The number of hydrogen-bond donors (Lipinski definition) is 2. The van der Waals surface area contributed by atoms with Crippen LogP contribution in [-0.2, 0) is 0 Å². The number of likely N-dealkylation sites (tertiary alicyclic amines) is 1. The molecule has 0 radical (unpaired) electrons. The van der Waals surface area contributed by atoms with Crippen molar-refractivity contribution in [3.63, 3.8) is 0 Å². The van der Waals surface area contributed by atoms with Gasteiger partial charge in [-0.2, -0.15) is 5.10 Å². The second kappa shape index (κ2) is 5.33. The van der Waals surface area contributed by atoms with E-state index in [1.54, 1.807) is 0 Å². The Bertz CT molecular complexity index is 439. The van der Waals surface area contributed by atoms with Crippen LogP contribution in [0, 0.1) is 19.3 Å². The predicted octanol–water partition coefficient (Wildman–Crippen LogP) is 1.49. The number of piperidine rings is 1. The number of H-pyrrole nitrogens is 1. The molecule has 2 N–H and O–H groups in total. The molecule has 0 unspecified atom stereocenters. The van der Waals surface area contributed by atoms with E-state index in [1.165, 1.54) is 0 Å². The van der Waals surface area contributed by atoms with Gasteiger partial charge in [-0.25, -0.2) is 0 Å². The highest BCUT2D eigenvalue weighted by molar-refractivity contribution is 5.96. The molecule has 1 fully saturated rings. The first-order valence-corrected chi connectivity index (χ1v) is 6.90. The minimum Gasteiger partial charge on any atom is -0.351 e. The van der Waals surface area contributed by atoms with Crippen LogP contribution in [0.2, 0.25) is 0 Å². The summed E-state index contributed by atoms with van der Waals surface area (Å²) in [6, 6.07) is 0. The average molecular weight is 264 g/mol. The van der Waals surface area contributed by atoms with E-state index in [0.717, 1.165) is 43.9 Å². The highest BCUT2D eigenvalue weighted by Gasteiger charge is 2.29. The van der Waals surface area contributed by atoms with Crippen molar-refractivity contribution in [3.8, 4) is 0 Å². The largest absolute Gasteiger partial charge is 0.351 e. The molecule has 0 atom stereocenters. The number of aromatic nitrogens is 2. The molecule has 1 aromatic rings. The Labute approximate surface area is 114 Å². The van der Waals surface area contributed by atoms with Crippen LogP contribution in [-0.4, -0.2) is 47.7 Å². The summed E-state index contributed by atoms with van der Waals surface area (Å²) < 4.78 is 0. The summed E-state index contributed by atoms with van der Waals surface area (Å²) >= 11 is 0. The van der Waals surface area contributed by atoms with Gasteiger partial charge in [-0.05, 0) is 52.2 Å². The number of aromatic amines is 1. The molecule has 1 aliphatic rings. The van der Waals surface area contributed by atoms with E-state index in [2.05, 4.69) is 34.4 Å². The van der Waals surface area contributed by atoms with Gasteiger partial charge in [0.25, 0.3) is 5.91 Å². The van der Waals surface area contributed by atoms with E-state index < -0.39 is 0 Å². The van der Waals surface area contributed by atoms with Crippen molar-refractivity contribution in [3.05, 3.63) is 17.0 Å². The van der Waals surface area contributed by atoms with Crippen LogP contribution in [0.3, 0.4) is 0 Å². The topological polar surface area (TPSA) is 61.0 Å². The van der Waals surface area contributed by atoms with E-state index in [4.69, 9.17) is 0 Å². The second-order valence-electron chi connectivity index (χ2n) is 6.11. The Kier molecular flexibility index (Phi) is 3.94. The lowest BCUT2D eigenvalue weighted by molar-refractivity contribution is 0.0890. The second-order valence-corrected chi connectivity index (χ2v) is 6.11. The Morgan fingerprint density at radius 3 is 2.58 bits per heavy atom. The summed E-state index contributed by atoms with van der Waals surface area (Å²) in [6.07, 6.45) is 2.26. The molecule has 0 saturated carbocycles. The Morgan fingerprint density at radius 1 is 1.42 bits per heavy atom. The zero-order valence-electron chi connectivity index (χ0n) is 12.3. The van der Waals surface area contributed by atoms with Crippen LogP contribution in [0.15, 0.2) is 0 Å². The van der Waals surface area contributed by atoms with Crippen LogP contribution in [0.25, 0.3) is 0 Å². The van der Waals surface area contributed by atoms with Crippen molar-refractivity contribution in [2.75, 3.05) is 26.7 Å². The van der Waals surface area contributed by atoms with Gasteiger partial charge < -0.3 is 10.2 Å². The third kappa shape index (κ3) is 3.15. The molecule has 0 spiro atoms. The van der Waals surface area contributed by atoms with Crippen molar-refractivity contribution in [2.45, 2.75) is 33.6 Å². The first-order valence-electron chi connectivity index (χ1n) is 6.90. The molecular weight excluding hydrogens is 240 g/mol. The molecule has 2 rings (SSSR count). The first kappa shape index (κ1) is 14.1. The highest BCUT2D eigenvalue weighted by atomic mass is 16.1. The number of nitrogens with one attached hydrogen (secondary N) is 2. The summed E-state index contributed by atoms with van der Waals surface area (Å²) in [5.41, 5.74) is 2.51. The third-order valence-electron chi connectivity index (χ3n) is 4.23. The summed E-state index contributed by atoms with van der Waals surface area (Å²) in [7, 11) is 2.15. The van der Waals surface area contributed by atoms with Crippen LogP contribution < -0.4 is 5.32 Å². The molecule has 0 aromatic carbocycles. The van der Waals surface area contributed by atoms with Gasteiger partial charge in [-0.1, -0.05) is 6.92 Å². The lowest BCUT2D eigenvalue weighted by Crippen LogP contribution is -2.43. The maximum absolute atomic E-state index is 12.2. The molecular formula is C14H24N4O. The average Bonchev–Trinajstić information content (AvgIpc) is 2.71. The fourth-order valence-electron chi connectivity index (χ4n) is 2.60. The van der Waals surface area contributed by atoms with Crippen molar-refractivity contribution in [1.29, 1.82) is 0 Å². The minimum absolute atomic E-state index is 0.0103. The van der Waals surface area contributed by atoms with Gasteiger partial charge in [0.1, 0.15) is 0 Å². The van der Waals surface area contributed by atoms with Crippen molar-refractivity contribution in [1.82, 2.24) is 20.4 Å². The van der Waals surface area contributed by atoms with E-state index in [1.807, 2.05) is 13.8 Å². The normalized spacial score (nSPS) is 19.4. The molecule has 1 aliphatic heterocycles. The fourth-order valence-corrected chi connectivity index (χ4v) is 2.60. The molecule has 5 nitrogen and oxygen atoms in total. The van der Waals surface area contributed by atoms with E-state index in [-0.39, 0.29) is 11.3 Å². The lowest BCUT2D eigenvalue weighted by atomic mass is 9.80. The highest BCUT2D eigenvalue weighted by Crippen LogP contribution is 2.29. The summed E-state index contributed by atoms with van der Waals surface area (Å²) in [4.78, 5) is 14.6. The smallest absolute Gasteiger partial charge is 0.255 e. The van der Waals surface area contributed by atoms with Gasteiger partial charge in [0.05, 0.1) is 11.3 Å². The maximum atomic E-state index is 12.2. The van der Waals surface area contributed by atoms with Gasteiger partial charge in [-0.3, -0.25) is 9.89 Å². The predicted molar refractivity (Wildman–Crippen MR) is 75.2 cm³/mol. The molecule has 106 valence electrons. The zero-order valence-corrected chi connectivity index (χ0v) is 12.3. The number of hydrogen-bond acceptors (Lipinski definition) is 3. The maximum Gasteiger partial charge on any atom is 0.255 e. The molecule has 2 heterocycles. The van der Waals surface area contributed by atoms with Gasteiger partial charge in [0.2, 0.25) is 0 Å². The third-order valence-corrected chi connectivity index (χ3v) is 4.23. The van der Waals surface area contributed by atoms with Crippen LogP contribution in [0.5, 0.6) is 0 Å². The number of rotatable bonds is 3. The van der Waals surface area contributed by atoms with Crippen LogP contribution in [0.4, 0.5) is 0 Å². The summed E-state index contributed by atoms with van der Waals surface area (Å²) in [5, 5.41) is 9.99. The number of amides is 1. The minimum atomic E-state index is -0.0103. The zero-order chi connectivity index (χ0) is 14.0. The van der Waals surface area contributed by atoms with Crippen molar-refractivity contribution >= 4 is 5.91 Å². The monoisotopic (exact) mass is 264 g/mol. The molecule has 5 heteroatoms. The van der Waals surface area contributed by atoms with Gasteiger partial charge in [0, 0.05) is 12.2 Å². The molecule has 1 amide bonds. The van der Waals surface area contributed by atoms with Gasteiger partial charge in [0.15, 0.2) is 0 Å². The fraction of sp³-hybridized carbons (Fsp3) is 0.714. The van der Waals surface area contributed by atoms with Crippen molar-refractivity contribution < 1.29 is 4.79 Å². The quantitative estimate of drug-likeness (QED) is 0.869. The van der Waals surface area contributed by atoms with Crippen LogP contribution >= 0.6 is 0 Å². The Morgan fingerprint density at radius 2 is 2.05 bits per heavy atom. The van der Waals surface area contributed by atoms with Gasteiger partial charge in [-0.15, -0.1) is 0 Å². The Balaban J connectivity index is 1.94.